The van der Waals surface area contributed by atoms with Crippen molar-refractivity contribution in [3.63, 3.8) is 0 Å². The van der Waals surface area contributed by atoms with Crippen molar-refractivity contribution in [3.05, 3.63) is 146 Å². The molecular weight excluding hydrogens is 687 g/mol. The van der Waals surface area contributed by atoms with Gasteiger partial charge >= 0.3 is 0 Å². The summed E-state index contributed by atoms with van der Waals surface area (Å²) >= 11 is 0. The van der Waals surface area contributed by atoms with Crippen molar-refractivity contribution in [2.24, 2.45) is 0 Å². The lowest BCUT2D eigenvalue weighted by Gasteiger charge is -2.20. The van der Waals surface area contributed by atoms with Crippen molar-refractivity contribution in [1.29, 1.82) is 0 Å². The molecule has 0 bridgehead atoms. The molecule has 0 saturated carbocycles. The summed E-state index contributed by atoms with van der Waals surface area (Å²) in [6.45, 7) is 0. The van der Waals surface area contributed by atoms with E-state index in [4.69, 9.17) is 15.0 Å². The van der Waals surface area contributed by atoms with E-state index in [2.05, 4.69) is 48.5 Å². The highest BCUT2D eigenvalue weighted by molar-refractivity contribution is 6.24. The van der Waals surface area contributed by atoms with Gasteiger partial charge in [0.15, 0.2) is 29.0 Å². The smallest absolute Gasteiger partial charge is 0.208 e. The van der Waals surface area contributed by atoms with Crippen LogP contribution in [-0.4, -0.2) is 40.5 Å². The second-order valence-corrected chi connectivity index (χ2v) is 13.5. The maximum absolute atomic E-state index is 11.2. The van der Waals surface area contributed by atoms with Gasteiger partial charge in [0.2, 0.25) is 17.2 Å². The van der Waals surface area contributed by atoms with Gasteiger partial charge in [0.05, 0.1) is 5.56 Å². The number of fused-ring (bicyclic) bond motifs is 7. The van der Waals surface area contributed by atoms with E-state index < -0.39 is 28.7 Å². The molecule has 0 radical (unpaired) electrons. The van der Waals surface area contributed by atoms with Crippen LogP contribution >= 0.6 is 0 Å². The fourth-order valence-corrected chi connectivity index (χ4v) is 7.95. The Kier molecular flexibility index (Phi) is 7.08. The summed E-state index contributed by atoms with van der Waals surface area (Å²) in [6, 6.07) is 47.7. The number of phenols is 5. The molecular formula is C47H29N3O5. The monoisotopic (exact) mass is 715 g/mol. The predicted molar refractivity (Wildman–Crippen MR) is 217 cm³/mol. The van der Waals surface area contributed by atoms with E-state index in [9.17, 15) is 25.5 Å². The summed E-state index contributed by atoms with van der Waals surface area (Å²) in [4.78, 5) is 15.5. The molecule has 9 aromatic carbocycles. The number of aromatic hydroxyl groups is 5. The molecule has 0 aliphatic rings. The molecule has 10 aromatic rings. The summed E-state index contributed by atoms with van der Waals surface area (Å²) in [5, 5.41) is 62.9. The van der Waals surface area contributed by atoms with Crippen LogP contribution < -0.4 is 0 Å². The summed E-state index contributed by atoms with van der Waals surface area (Å²) in [7, 11) is 0. The van der Waals surface area contributed by atoms with Gasteiger partial charge in [-0.15, -0.1) is 0 Å². The number of rotatable bonds is 4. The molecule has 0 amide bonds. The van der Waals surface area contributed by atoms with E-state index in [1.807, 2.05) is 97.1 Å². The van der Waals surface area contributed by atoms with Gasteiger partial charge in [-0.05, 0) is 59.9 Å². The topological polar surface area (TPSA) is 140 Å². The highest BCUT2D eigenvalue weighted by Gasteiger charge is 2.29. The minimum absolute atomic E-state index is 0.233. The molecule has 10 rings (SSSR count). The number of nitrogens with zero attached hydrogens (tertiary/aromatic N) is 3. The average Bonchev–Trinajstić information content (AvgIpc) is 3.24. The highest BCUT2D eigenvalue weighted by atomic mass is 16.4. The van der Waals surface area contributed by atoms with Crippen molar-refractivity contribution in [3.8, 4) is 74.0 Å². The van der Waals surface area contributed by atoms with Crippen molar-refractivity contribution < 1.29 is 25.5 Å². The molecule has 5 N–H and O–H groups in total. The van der Waals surface area contributed by atoms with E-state index in [1.165, 1.54) is 0 Å². The van der Waals surface area contributed by atoms with Gasteiger partial charge in [0.1, 0.15) is 0 Å². The first-order valence-corrected chi connectivity index (χ1v) is 17.7. The van der Waals surface area contributed by atoms with Crippen LogP contribution in [0.5, 0.6) is 28.7 Å². The molecule has 0 aliphatic carbocycles. The van der Waals surface area contributed by atoms with Crippen LogP contribution in [-0.2, 0) is 0 Å². The predicted octanol–water partition coefficient (Wildman–Crippen LogP) is 10.8. The summed E-state index contributed by atoms with van der Waals surface area (Å²) < 4.78 is 0. The third kappa shape index (κ3) is 4.82. The zero-order valence-corrected chi connectivity index (χ0v) is 28.9. The minimum Gasteiger partial charge on any atom is -0.504 e. The Morgan fingerprint density at radius 1 is 0.309 bits per heavy atom. The molecule has 8 nitrogen and oxygen atoms in total. The lowest BCUT2D eigenvalue weighted by molar-refractivity contribution is 0.330. The summed E-state index contributed by atoms with van der Waals surface area (Å²) in [5.41, 5.74) is 2.43. The molecule has 8 heteroatoms. The van der Waals surface area contributed by atoms with Gasteiger partial charge in [0.25, 0.3) is 0 Å². The fourth-order valence-electron chi connectivity index (χ4n) is 7.95. The third-order valence-corrected chi connectivity index (χ3v) is 10.4. The first kappa shape index (κ1) is 32.0. The fraction of sp³-hybridized carbons (Fsp3) is 0. The lowest BCUT2D eigenvalue weighted by Crippen LogP contribution is -2.02. The summed E-state index contributed by atoms with van der Waals surface area (Å²) in [6.07, 6.45) is 0. The van der Waals surface area contributed by atoms with Crippen LogP contribution in [0.4, 0.5) is 0 Å². The average molecular weight is 716 g/mol. The van der Waals surface area contributed by atoms with Gasteiger partial charge < -0.3 is 25.5 Å². The van der Waals surface area contributed by atoms with Crippen LogP contribution in [0.1, 0.15) is 0 Å². The Morgan fingerprint density at radius 3 is 1.40 bits per heavy atom. The quantitative estimate of drug-likeness (QED) is 0.0525. The normalized spacial score (nSPS) is 11.6. The van der Waals surface area contributed by atoms with Crippen molar-refractivity contribution in [2.45, 2.75) is 0 Å². The third-order valence-electron chi connectivity index (χ3n) is 10.4. The first-order chi connectivity index (χ1) is 26.9. The number of hydrogen-bond acceptors (Lipinski definition) is 8. The first-order valence-electron chi connectivity index (χ1n) is 17.7. The standard InChI is InChI=1S/C47H29N3O5/c51-40-39(41(52)43(54)44(55)42(40)53)37-31-18-8-10-20-33(31)38(34-21-11-9-19-32(34)37)47-49-45(26-13-2-1-3-14-26)48-46(50-47)35-24-27-23-22-25-12-4-5-15-28(25)36(27)30-17-7-6-16-29(30)35/h1-24,51-55H. The van der Waals surface area contributed by atoms with Crippen LogP contribution in [0.2, 0.25) is 0 Å². The van der Waals surface area contributed by atoms with Gasteiger partial charge in [-0.2, -0.15) is 0 Å². The zero-order chi connectivity index (χ0) is 37.4. The molecule has 0 saturated heterocycles. The molecule has 0 spiro atoms. The van der Waals surface area contributed by atoms with Crippen molar-refractivity contribution in [2.75, 3.05) is 0 Å². The van der Waals surface area contributed by atoms with Crippen molar-refractivity contribution in [1.82, 2.24) is 15.0 Å². The van der Waals surface area contributed by atoms with E-state index >= 15 is 0 Å². The zero-order valence-electron chi connectivity index (χ0n) is 28.9. The maximum atomic E-state index is 11.2. The number of hydrogen-bond donors (Lipinski definition) is 5. The van der Waals surface area contributed by atoms with Gasteiger partial charge in [-0.1, -0.05) is 140 Å². The largest absolute Gasteiger partial charge is 0.504 e. The minimum atomic E-state index is -1.02. The second-order valence-electron chi connectivity index (χ2n) is 13.5. The highest BCUT2D eigenvalue weighted by Crippen LogP contribution is 2.57. The summed E-state index contributed by atoms with van der Waals surface area (Å²) in [5.74, 6) is -3.12. The van der Waals surface area contributed by atoms with Crippen LogP contribution in [0.25, 0.3) is 99.2 Å². The van der Waals surface area contributed by atoms with Crippen LogP contribution in [0.15, 0.2) is 146 Å². The molecule has 55 heavy (non-hydrogen) atoms. The Bertz CT molecular complexity index is 3130. The van der Waals surface area contributed by atoms with E-state index in [0.717, 1.165) is 43.4 Å². The van der Waals surface area contributed by atoms with Crippen LogP contribution in [0.3, 0.4) is 0 Å². The second kappa shape index (κ2) is 12.2. The van der Waals surface area contributed by atoms with E-state index in [-0.39, 0.29) is 5.56 Å². The van der Waals surface area contributed by atoms with E-state index in [0.29, 0.717) is 50.1 Å². The Balaban J connectivity index is 1.32. The molecule has 262 valence electrons. The van der Waals surface area contributed by atoms with Gasteiger partial charge in [-0.25, -0.2) is 15.0 Å². The Labute approximate surface area is 313 Å². The van der Waals surface area contributed by atoms with Crippen molar-refractivity contribution >= 4 is 53.9 Å². The molecule has 0 fully saturated rings. The van der Waals surface area contributed by atoms with E-state index in [1.54, 1.807) is 0 Å². The molecule has 0 atom stereocenters. The molecule has 1 aromatic heterocycles. The van der Waals surface area contributed by atoms with Gasteiger partial charge in [0, 0.05) is 22.3 Å². The molecule has 0 unspecified atom stereocenters. The lowest BCUT2D eigenvalue weighted by atomic mass is 9.87. The SMILES string of the molecule is Oc1c(O)c(O)c(-c2c3ccccc3c(-c3nc(-c4ccccc4)nc(-c4cc5ccc6ccccc6c5c5ccccc45)n3)c3ccccc23)c(O)c1O. The number of aromatic nitrogens is 3. The maximum Gasteiger partial charge on any atom is 0.208 e. The number of benzene rings is 9. The van der Waals surface area contributed by atoms with Gasteiger partial charge in [-0.3, -0.25) is 0 Å². The molecule has 0 aliphatic heterocycles. The Hall–Kier alpha value is -7.71. The molecule has 1 heterocycles. The Morgan fingerprint density at radius 2 is 0.764 bits per heavy atom. The van der Waals surface area contributed by atoms with Crippen LogP contribution in [0, 0.1) is 0 Å². The number of phenolic OH excluding ortho intramolecular Hbond substituents is 5.